The highest BCUT2D eigenvalue weighted by molar-refractivity contribution is 6.31. The van der Waals surface area contributed by atoms with Gasteiger partial charge in [0.15, 0.2) is 0 Å². The third-order valence-electron chi connectivity index (χ3n) is 5.35. The predicted molar refractivity (Wildman–Crippen MR) is 120 cm³/mol. The lowest BCUT2D eigenvalue weighted by Gasteiger charge is -2.33. The Labute approximate surface area is 188 Å². The molecule has 0 spiro atoms. The first kappa shape index (κ1) is 25.2. The highest BCUT2D eigenvalue weighted by Gasteiger charge is 2.24. The van der Waals surface area contributed by atoms with Crippen LogP contribution in [0.5, 0.6) is 0 Å². The molecule has 2 atom stereocenters. The predicted octanol–water partition coefficient (Wildman–Crippen LogP) is 2.74. The molecule has 31 heavy (non-hydrogen) atoms. The Morgan fingerprint density at radius 2 is 2.06 bits per heavy atom. The first-order valence-corrected chi connectivity index (χ1v) is 11.1. The summed E-state index contributed by atoms with van der Waals surface area (Å²) in [6, 6.07) is 3.45. The molecule has 1 fully saturated rings. The monoisotopic (exact) mass is 454 g/mol. The van der Waals surface area contributed by atoms with E-state index in [2.05, 4.69) is 27.8 Å². The van der Waals surface area contributed by atoms with Crippen molar-refractivity contribution in [1.29, 1.82) is 0 Å². The second kappa shape index (κ2) is 12.7. The van der Waals surface area contributed by atoms with Gasteiger partial charge in [-0.05, 0) is 44.9 Å². The topological polar surface area (TPSA) is 90.5 Å². The van der Waals surface area contributed by atoms with E-state index in [0.29, 0.717) is 24.9 Å². The van der Waals surface area contributed by atoms with E-state index < -0.39 is 11.9 Å². The van der Waals surface area contributed by atoms with E-state index in [1.165, 1.54) is 18.2 Å². The molecule has 1 aliphatic heterocycles. The fourth-order valence-electron chi connectivity index (χ4n) is 3.51. The van der Waals surface area contributed by atoms with Crippen molar-refractivity contribution in [2.24, 2.45) is 0 Å². The van der Waals surface area contributed by atoms with Gasteiger partial charge in [0.1, 0.15) is 17.6 Å². The van der Waals surface area contributed by atoms with Crippen molar-refractivity contribution in [2.45, 2.75) is 58.0 Å². The van der Waals surface area contributed by atoms with Crippen molar-refractivity contribution in [2.75, 3.05) is 31.5 Å². The molecule has 9 heteroatoms. The number of ketones is 1. The Morgan fingerprint density at radius 3 is 2.74 bits per heavy atom. The molecule has 0 bridgehead atoms. The van der Waals surface area contributed by atoms with Gasteiger partial charge in [0.05, 0.1) is 11.6 Å². The molecule has 7 nitrogen and oxygen atoms in total. The fraction of sp³-hybridized carbons (Fsp3) is 0.591. The van der Waals surface area contributed by atoms with Crippen LogP contribution in [0.1, 0.15) is 46.0 Å². The van der Waals surface area contributed by atoms with Gasteiger partial charge in [0.2, 0.25) is 11.8 Å². The maximum Gasteiger partial charge on any atom is 0.246 e. The number of piperazine rings is 1. The van der Waals surface area contributed by atoms with E-state index in [9.17, 15) is 18.8 Å². The van der Waals surface area contributed by atoms with Crippen molar-refractivity contribution >= 4 is 34.9 Å². The zero-order valence-corrected chi connectivity index (χ0v) is 18.9. The molecule has 2 rings (SSSR count). The lowest BCUT2D eigenvalue weighted by molar-refractivity contribution is -0.127. The minimum atomic E-state index is -0.730. The average molecular weight is 455 g/mol. The van der Waals surface area contributed by atoms with E-state index in [1.54, 1.807) is 6.92 Å². The van der Waals surface area contributed by atoms with E-state index in [-0.39, 0.29) is 35.2 Å². The Bertz CT molecular complexity index is 777. The lowest BCUT2D eigenvalue weighted by atomic mass is 10.0. The van der Waals surface area contributed by atoms with Gasteiger partial charge in [-0.25, -0.2) is 4.39 Å². The summed E-state index contributed by atoms with van der Waals surface area (Å²) in [7, 11) is 0. The molecule has 1 heterocycles. The zero-order valence-electron chi connectivity index (χ0n) is 18.2. The van der Waals surface area contributed by atoms with E-state index in [4.69, 9.17) is 11.6 Å². The van der Waals surface area contributed by atoms with Gasteiger partial charge in [-0.1, -0.05) is 24.4 Å². The van der Waals surface area contributed by atoms with Crippen molar-refractivity contribution < 1.29 is 18.8 Å². The third-order valence-corrected chi connectivity index (χ3v) is 5.64. The molecule has 2 amide bonds. The molecule has 0 radical (unpaired) electrons. The molecule has 1 unspecified atom stereocenters. The van der Waals surface area contributed by atoms with Crippen LogP contribution in [0.2, 0.25) is 5.02 Å². The number of benzene rings is 1. The molecular formula is C22H32ClFN4O3. The maximum atomic E-state index is 13.4. The van der Waals surface area contributed by atoms with Crippen molar-refractivity contribution in [3.05, 3.63) is 29.0 Å². The number of carbonyl (C=O) groups excluding carboxylic acids is 3. The quantitative estimate of drug-likeness (QED) is 0.447. The summed E-state index contributed by atoms with van der Waals surface area (Å²) < 4.78 is 13.4. The first-order chi connectivity index (χ1) is 14.8. The number of hydrogen-bond acceptors (Lipinski definition) is 5. The number of Topliss-reactive ketones (excluding diaryl/α,β-unsaturated/α-hetero) is 1. The second-order valence-electron chi connectivity index (χ2n) is 8.06. The van der Waals surface area contributed by atoms with Gasteiger partial charge in [-0.3, -0.25) is 14.5 Å². The zero-order chi connectivity index (χ0) is 22.8. The Morgan fingerprint density at radius 1 is 1.29 bits per heavy atom. The van der Waals surface area contributed by atoms with Gasteiger partial charge in [0, 0.05) is 37.8 Å². The number of carbonyl (C=O) groups is 3. The summed E-state index contributed by atoms with van der Waals surface area (Å²) in [6.45, 7) is 6.24. The highest BCUT2D eigenvalue weighted by atomic mass is 35.5. The molecule has 1 aromatic rings. The Balaban J connectivity index is 1.96. The van der Waals surface area contributed by atoms with Crippen LogP contribution in [-0.2, 0) is 14.4 Å². The first-order valence-electron chi connectivity index (χ1n) is 10.8. The van der Waals surface area contributed by atoms with Crippen LogP contribution in [0.4, 0.5) is 10.1 Å². The number of anilines is 1. The lowest BCUT2D eigenvalue weighted by Crippen LogP contribution is -2.54. The summed E-state index contributed by atoms with van der Waals surface area (Å²) in [6.07, 6.45) is 3.19. The molecule has 3 N–H and O–H groups in total. The molecule has 1 aliphatic rings. The van der Waals surface area contributed by atoms with Crippen LogP contribution in [0.15, 0.2) is 18.2 Å². The van der Waals surface area contributed by atoms with Crippen molar-refractivity contribution in [3.63, 3.8) is 0 Å². The molecular weight excluding hydrogens is 423 g/mol. The average Bonchev–Trinajstić information content (AvgIpc) is 2.71. The van der Waals surface area contributed by atoms with Crippen LogP contribution in [0.3, 0.4) is 0 Å². The number of amides is 2. The molecule has 172 valence electrons. The van der Waals surface area contributed by atoms with Gasteiger partial charge < -0.3 is 20.7 Å². The summed E-state index contributed by atoms with van der Waals surface area (Å²) in [5, 5.41) is 8.74. The summed E-state index contributed by atoms with van der Waals surface area (Å²) in [5.41, 5.74) is 0.364. The molecule has 0 aromatic heterocycles. The fourth-order valence-corrected chi connectivity index (χ4v) is 3.69. The summed E-state index contributed by atoms with van der Waals surface area (Å²) in [5.74, 6) is -1.02. The number of hydrogen-bond donors (Lipinski definition) is 3. The van der Waals surface area contributed by atoms with E-state index >= 15 is 0 Å². The number of nitrogens with one attached hydrogen (secondary N) is 3. The van der Waals surface area contributed by atoms with Gasteiger partial charge in [0.25, 0.3) is 0 Å². The molecule has 1 saturated heterocycles. The minimum Gasteiger partial charge on any atom is -0.343 e. The largest absolute Gasteiger partial charge is 0.343 e. The molecule has 0 saturated carbocycles. The van der Waals surface area contributed by atoms with Crippen LogP contribution < -0.4 is 16.0 Å². The Kier molecular flexibility index (Phi) is 10.4. The maximum absolute atomic E-state index is 13.4. The van der Waals surface area contributed by atoms with Gasteiger partial charge in [-0.2, -0.15) is 0 Å². The molecule has 1 aromatic carbocycles. The van der Waals surface area contributed by atoms with Gasteiger partial charge in [-0.15, -0.1) is 0 Å². The van der Waals surface area contributed by atoms with Crippen molar-refractivity contribution in [1.82, 2.24) is 15.5 Å². The van der Waals surface area contributed by atoms with Gasteiger partial charge >= 0.3 is 0 Å². The number of rotatable bonds is 11. The minimum absolute atomic E-state index is 0.0877. The van der Waals surface area contributed by atoms with Crippen LogP contribution >= 0.6 is 11.6 Å². The second-order valence-corrected chi connectivity index (χ2v) is 8.47. The van der Waals surface area contributed by atoms with E-state index in [1.807, 2.05) is 0 Å². The number of unbranched alkanes of at least 4 members (excludes halogenated alkanes) is 2. The third kappa shape index (κ3) is 8.93. The normalized spacial score (nSPS) is 17.7. The van der Waals surface area contributed by atoms with Crippen molar-refractivity contribution in [3.8, 4) is 0 Å². The standard InChI is InChI=1S/C22H32ClFN4O3/c1-15-13-25-10-11-28(15)14-21(30)27-20(7-5-3-4-6-16(2)29)22(31)26-17-8-9-19(24)18(23)12-17/h8-9,12,15,20,25H,3-7,10-11,13-14H2,1-2H3,(H,26,31)(H,27,30)/t15?,20-/m0/s1. The Hall–Kier alpha value is -2.03. The summed E-state index contributed by atoms with van der Waals surface area (Å²) >= 11 is 5.79. The smallest absolute Gasteiger partial charge is 0.246 e. The van der Waals surface area contributed by atoms with Crippen LogP contribution in [0, 0.1) is 5.82 Å². The van der Waals surface area contributed by atoms with Crippen LogP contribution in [0.25, 0.3) is 0 Å². The highest BCUT2D eigenvalue weighted by Crippen LogP contribution is 2.20. The van der Waals surface area contributed by atoms with E-state index in [0.717, 1.165) is 32.5 Å². The SMILES string of the molecule is CC(=O)CCCCC[C@H](NC(=O)CN1CCNCC1C)C(=O)Nc1ccc(F)c(Cl)c1. The molecule has 0 aliphatic carbocycles. The summed E-state index contributed by atoms with van der Waals surface area (Å²) in [4.78, 5) is 38.6. The van der Waals surface area contributed by atoms with Crippen LogP contribution in [-0.4, -0.2) is 60.8 Å². The number of halogens is 2. The number of nitrogens with zero attached hydrogens (tertiary/aromatic N) is 1.